The molecule has 0 saturated heterocycles. The summed E-state index contributed by atoms with van der Waals surface area (Å²) >= 11 is 1.86. The molecular formula is C63H39N5S. The number of para-hydroxylation sites is 3. The molecule has 0 aliphatic carbocycles. The zero-order chi connectivity index (χ0) is 45.4. The van der Waals surface area contributed by atoms with Crippen molar-refractivity contribution in [3.05, 3.63) is 237 Å². The molecule has 0 unspecified atom stereocenters. The van der Waals surface area contributed by atoms with Crippen LogP contribution in [0.5, 0.6) is 0 Å². The van der Waals surface area contributed by atoms with Crippen molar-refractivity contribution in [3.8, 4) is 67.8 Å². The first-order chi connectivity index (χ1) is 34.2. The molecular weight excluding hydrogens is 859 g/mol. The highest BCUT2D eigenvalue weighted by Gasteiger charge is 2.24. The van der Waals surface area contributed by atoms with Crippen molar-refractivity contribution in [2.75, 3.05) is 0 Å². The van der Waals surface area contributed by atoms with Gasteiger partial charge in [0.2, 0.25) is 5.95 Å². The van der Waals surface area contributed by atoms with Crippen LogP contribution < -0.4 is 0 Å². The van der Waals surface area contributed by atoms with E-state index in [0.717, 1.165) is 60.9 Å². The second-order valence-electron chi connectivity index (χ2n) is 17.5. The van der Waals surface area contributed by atoms with Gasteiger partial charge in [-0.1, -0.05) is 212 Å². The van der Waals surface area contributed by atoms with Gasteiger partial charge < -0.3 is 4.57 Å². The third kappa shape index (κ3) is 6.34. The van der Waals surface area contributed by atoms with Crippen LogP contribution in [0.3, 0.4) is 0 Å². The average Bonchev–Trinajstić information content (AvgIpc) is 4.10. The zero-order valence-electron chi connectivity index (χ0n) is 37.2. The molecule has 0 spiro atoms. The molecule has 0 aliphatic rings. The summed E-state index contributed by atoms with van der Waals surface area (Å²) in [6.07, 6.45) is 0. The monoisotopic (exact) mass is 897 g/mol. The van der Waals surface area contributed by atoms with E-state index in [2.05, 4.69) is 234 Å². The number of thiophene rings is 1. The Bertz CT molecular complexity index is 4280. The number of aromatic nitrogens is 5. The molecule has 10 aromatic carbocycles. The highest BCUT2D eigenvalue weighted by Crippen LogP contribution is 2.48. The summed E-state index contributed by atoms with van der Waals surface area (Å²) in [5.74, 6) is 1.79. The largest absolute Gasteiger partial charge is 0.307 e. The molecule has 0 N–H and O–H groups in total. The van der Waals surface area contributed by atoms with Gasteiger partial charge in [-0.25, -0.2) is 4.98 Å². The molecule has 0 saturated carbocycles. The van der Waals surface area contributed by atoms with Gasteiger partial charge in [0.15, 0.2) is 11.6 Å². The van der Waals surface area contributed by atoms with E-state index in [1.807, 2.05) is 23.5 Å². The molecule has 0 aliphatic heterocycles. The first-order valence-electron chi connectivity index (χ1n) is 23.3. The predicted octanol–water partition coefficient (Wildman–Crippen LogP) is 16.8. The molecule has 4 heterocycles. The maximum absolute atomic E-state index is 5.44. The van der Waals surface area contributed by atoms with Crippen LogP contribution in [0.2, 0.25) is 0 Å². The van der Waals surface area contributed by atoms with Crippen molar-refractivity contribution in [2.24, 2.45) is 0 Å². The van der Waals surface area contributed by atoms with Gasteiger partial charge in [0.25, 0.3) is 0 Å². The van der Waals surface area contributed by atoms with E-state index in [1.54, 1.807) is 0 Å². The quantitative estimate of drug-likeness (QED) is 0.160. The molecule has 69 heavy (non-hydrogen) atoms. The van der Waals surface area contributed by atoms with Gasteiger partial charge >= 0.3 is 0 Å². The topological polar surface area (TPSA) is 48.5 Å². The molecule has 6 heteroatoms. The third-order valence-corrected chi connectivity index (χ3v) is 14.8. The van der Waals surface area contributed by atoms with Crippen molar-refractivity contribution < 1.29 is 0 Å². The summed E-state index contributed by atoms with van der Waals surface area (Å²) < 4.78 is 7.20. The molecule has 4 aromatic heterocycles. The molecule has 0 atom stereocenters. The summed E-state index contributed by atoms with van der Waals surface area (Å²) in [7, 11) is 0. The third-order valence-electron chi connectivity index (χ3n) is 13.6. The Morgan fingerprint density at radius 1 is 0.290 bits per heavy atom. The van der Waals surface area contributed by atoms with Gasteiger partial charge in [-0.15, -0.1) is 11.3 Å². The fraction of sp³-hybridized carbons (Fsp3) is 0. The Labute approximate surface area is 401 Å². The molecule has 322 valence electrons. The Balaban J connectivity index is 1.05. The van der Waals surface area contributed by atoms with Gasteiger partial charge in [0.05, 0.1) is 37.2 Å². The Kier molecular flexibility index (Phi) is 9.00. The van der Waals surface area contributed by atoms with E-state index in [4.69, 9.17) is 15.0 Å². The molecule has 0 fully saturated rings. The van der Waals surface area contributed by atoms with Crippen LogP contribution >= 0.6 is 11.3 Å². The average molecular weight is 898 g/mol. The van der Waals surface area contributed by atoms with Crippen LogP contribution in [0.25, 0.3) is 132 Å². The summed E-state index contributed by atoms with van der Waals surface area (Å²) in [5.41, 5.74) is 14.4. The standard InChI is InChI=1S/C63H39N5S/c1-4-17-40(18-5-1)42-31-33-44(34-32-42)61-64-62(46-24-16-23-45(39-46)41-19-6-2-7-20-41)66-63(65-61)68-56-30-15-12-27-49(56)51-36-38-53-52-37-35-50-48-26-11-14-29-55(48)67(57(50)59(52)69-60(53)58(51)68)54-28-13-10-25-47(54)43-21-8-3-9-22-43/h1-39H. The fourth-order valence-electron chi connectivity index (χ4n) is 10.4. The lowest BCUT2D eigenvalue weighted by atomic mass is 10.0. The zero-order valence-corrected chi connectivity index (χ0v) is 38.0. The number of hydrogen-bond acceptors (Lipinski definition) is 4. The van der Waals surface area contributed by atoms with Gasteiger partial charge in [0, 0.05) is 49.0 Å². The summed E-state index contributed by atoms with van der Waals surface area (Å²) in [5, 5.41) is 7.17. The lowest BCUT2D eigenvalue weighted by Gasteiger charge is -2.14. The molecule has 14 rings (SSSR count). The van der Waals surface area contributed by atoms with Crippen molar-refractivity contribution in [3.63, 3.8) is 0 Å². The number of fused-ring (bicyclic) bond motifs is 11. The molecule has 5 nitrogen and oxygen atoms in total. The lowest BCUT2D eigenvalue weighted by Crippen LogP contribution is -2.06. The van der Waals surface area contributed by atoms with Crippen molar-refractivity contribution in [1.82, 2.24) is 24.1 Å². The Morgan fingerprint density at radius 3 is 1.39 bits per heavy atom. The van der Waals surface area contributed by atoms with Crippen LogP contribution in [0, 0.1) is 0 Å². The van der Waals surface area contributed by atoms with Crippen molar-refractivity contribution >= 4 is 75.1 Å². The SMILES string of the molecule is c1ccc(-c2ccc(-c3nc(-c4cccc(-c5ccccc5)c4)nc(-n4c5ccccc5c5ccc6c7ccc8c9ccccc9n(-c9ccccc9-c9ccccc9)c8c7sc6c54)n3)cc2)cc1. The van der Waals surface area contributed by atoms with E-state index in [0.29, 0.717) is 17.6 Å². The van der Waals surface area contributed by atoms with Crippen LogP contribution in [-0.2, 0) is 0 Å². The summed E-state index contributed by atoms with van der Waals surface area (Å²) in [6.45, 7) is 0. The molecule has 0 radical (unpaired) electrons. The van der Waals surface area contributed by atoms with Crippen molar-refractivity contribution in [2.45, 2.75) is 0 Å². The van der Waals surface area contributed by atoms with E-state index in [9.17, 15) is 0 Å². The van der Waals surface area contributed by atoms with Gasteiger partial charge in [0.1, 0.15) is 0 Å². The van der Waals surface area contributed by atoms with Crippen molar-refractivity contribution in [1.29, 1.82) is 0 Å². The predicted molar refractivity (Wildman–Crippen MR) is 289 cm³/mol. The normalized spacial score (nSPS) is 11.8. The first-order valence-corrected chi connectivity index (χ1v) is 24.1. The number of hydrogen-bond donors (Lipinski definition) is 0. The second-order valence-corrected chi connectivity index (χ2v) is 18.6. The van der Waals surface area contributed by atoms with Crippen LogP contribution in [0.15, 0.2) is 237 Å². The van der Waals surface area contributed by atoms with E-state index in [1.165, 1.54) is 53.1 Å². The van der Waals surface area contributed by atoms with Crippen LogP contribution in [0.1, 0.15) is 0 Å². The van der Waals surface area contributed by atoms with E-state index >= 15 is 0 Å². The molecule has 0 bridgehead atoms. The Hall–Kier alpha value is -8.97. The fourth-order valence-corrected chi connectivity index (χ4v) is 11.8. The summed E-state index contributed by atoms with van der Waals surface area (Å²) in [4.78, 5) is 16.1. The smallest absolute Gasteiger partial charge is 0.238 e. The minimum atomic E-state index is 0.569. The van der Waals surface area contributed by atoms with E-state index < -0.39 is 0 Å². The first kappa shape index (κ1) is 39.2. The second kappa shape index (κ2) is 15.8. The highest BCUT2D eigenvalue weighted by atomic mass is 32.1. The maximum Gasteiger partial charge on any atom is 0.238 e. The number of benzene rings is 10. The molecule has 0 amide bonds. The van der Waals surface area contributed by atoms with Gasteiger partial charge in [-0.05, 0) is 52.1 Å². The summed E-state index contributed by atoms with van der Waals surface area (Å²) in [6, 6.07) is 84.3. The Morgan fingerprint density at radius 2 is 0.739 bits per heavy atom. The van der Waals surface area contributed by atoms with Gasteiger partial charge in [-0.3, -0.25) is 4.57 Å². The molecule has 14 aromatic rings. The minimum absolute atomic E-state index is 0.569. The van der Waals surface area contributed by atoms with E-state index in [-0.39, 0.29) is 0 Å². The number of nitrogens with zero attached hydrogens (tertiary/aromatic N) is 5. The van der Waals surface area contributed by atoms with Gasteiger partial charge in [-0.2, -0.15) is 9.97 Å². The highest BCUT2D eigenvalue weighted by molar-refractivity contribution is 7.27. The minimum Gasteiger partial charge on any atom is -0.307 e. The maximum atomic E-state index is 5.44. The van der Waals surface area contributed by atoms with Crippen LogP contribution in [-0.4, -0.2) is 24.1 Å². The number of rotatable bonds is 7. The van der Waals surface area contributed by atoms with Crippen LogP contribution in [0.4, 0.5) is 0 Å². The lowest BCUT2D eigenvalue weighted by molar-refractivity contribution is 0.955.